The number of aromatic nitrogens is 3. The summed E-state index contributed by atoms with van der Waals surface area (Å²) in [5, 5.41) is -0.132. The van der Waals surface area contributed by atoms with Crippen molar-refractivity contribution in [3.8, 4) is 0 Å². The SMILES string of the molecule is CC(Cl)c1nc2cccnc2n1C1CCOC1C. The van der Waals surface area contributed by atoms with Crippen LogP contribution in [0.3, 0.4) is 0 Å². The summed E-state index contributed by atoms with van der Waals surface area (Å²) in [6.45, 7) is 4.82. The Bertz CT molecular complexity index is 566. The summed E-state index contributed by atoms with van der Waals surface area (Å²) in [5.41, 5.74) is 1.81. The third-order valence-corrected chi connectivity index (χ3v) is 3.69. The van der Waals surface area contributed by atoms with E-state index < -0.39 is 0 Å². The molecule has 3 heterocycles. The average molecular weight is 266 g/mol. The average Bonchev–Trinajstić information content (AvgIpc) is 2.92. The number of pyridine rings is 1. The van der Waals surface area contributed by atoms with Gasteiger partial charge in [-0.05, 0) is 32.4 Å². The van der Waals surface area contributed by atoms with Gasteiger partial charge in [0, 0.05) is 12.8 Å². The minimum Gasteiger partial charge on any atom is -0.376 e. The van der Waals surface area contributed by atoms with Crippen LogP contribution in [0.1, 0.15) is 37.5 Å². The zero-order valence-electron chi connectivity index (χ0n) is 10.5. The van der Waals surface area contributed by atoms with Crippen molar-refractivity contribution in [2.24, 2.45) is 0 Å². The second-order valence-electron chi connectivity index (χ2n) is 4.73. The molecule has 1 aliphatic heterocycles. The molecular weight excluding hydrogens is 250 g/mol. The lowest BCUT2D eigenvalue weighted by Gasteiger charge is -2.19. The predicted octanol–water partition coefficient (Wildman–Crippen LogP) is 3.08. The fraction of sp³-hybridized carbons (Fsp3) is 0.538. The van der Waals surface area contributed by atoms with Gasteiger partial charge >= 0.3 is 0 Å². The van der Waals surface area contributed by atoms with Gasteiger partial charge in [-0.25, -0.2) is 9.97 Å². The standard InChI is InChI=1S/C13H16ClN3O/c1-8(14)12-16-10-4-3-6-15-13(10)17(12)11-5-7-18-9(11)2/h3-4,6,8-9,11H,5,7H2,1-2H3. The first-order chi connectivity index (χ1) is 8.68. The molecule has 96 valence electrons. The van der Waals surface area contributed by atoms with Crippen LogP contribution in [0.2, 0.25) is 0 Å². The first-order valence-corrected chi connectivity index (χ1v) is 6.70. The molecule has 4 nitrogen and oxygen atoms in total. The molecule has 0 spiro atoms. The van der Waals surface area contributed by atoms with E-state index in [1.165, 1.54) is 0 Å². The zero-order chi connectivity index (χ0) is 12.7. The Morgan fingerprint density at radius 2 is 2.39 bits per heavy atom. The molecule has 3 atom stereocenters. The number of hydrogen-bond acceptors (Lipinski definition) is 3. The van der Waals surface area contributed by atoms with Crippen molar-refractivity contribution in [3.63, 3.8) is 0 Å². The summed E-state index contributed by atoms with van der Waals surface area (Å²) < 4.78 is 7.81. The number of rotatable bonds is 2. The van der Waals surface area contributed by atoms with Crippen molar-refractivity contribution in [2.75, 3.05) is 6.61 Å². The molecule has 18 heavy (non-hydrogen) atoms. The molecule has 0 radical (unpaired) electrons. The van der Waals surface area contributed by atoms with Crippen molar-refractivity contribution < 1.29 is 4.74 Å². The monoisotopic (exact) mass is 265 g/mol. The number of imidazole rings is 1. The fourth-order valence-corrected chi connectivity index (χ4v) is 2.77. The van der Waals surface area contributed by atoms with Gasteiger partial charge in [0.15, 0.2) is 5.65 Å². The zero-order valence-corrected chi connectivity index (χ0v) is 11.3. The Balaban J connectivity index is 2.21. The van der Waals surface area contributed by atoms with Crippen LogP contribution < -0.4 is 0 Å². The van der Waals surface area contributed by atoms with Gasteiger partial charge in [-0.2, -0.15) is 0 Å². The lowest BCUT2D eigenvalue weighted by Crippen LogP contribution is -2.19. The molecule has 0 bridgehead atoms. The number of ether oxygens (including phenoxy) is 1. The Morgan fingerprint density at radius 3 is 3.06 bits per heavy atom. The van der Waals surface area contributed by atoms with Crippen LogP contribution in [-0.4, -0.2) is 27.2 Å². The molecule has 5 heteroatoms. The molecule has 0 amide bonds. The number of nitrogens with zero attached hydrogens (tertiary/aromatic N) is 3. The van der Waals surface area contributed by atoms with E-state index in [2.05, 4.69) is 21.5 Å². The second-order valence-corrected chi connectivity index (χ2v) is 5.39. The van der Waals surface area contributed by atoms with Gasteiger partial charge in [0.05, 0.1) is 17.5 Å². The van der Waals surface area contributed by atoms with E-state index in [4.69, 9.17) is 16.3 Å². The van der Waals surface area contributed by atoms with E-state index in [9.17, 15) is 0 Å². The maximum absolute atomic E-state index is 6.25. The van der Waals surface area contributed by atoms with Crippen molar-refractivity contribution in [2.45, 2.75) is 37.8 Å². The van der Waals surface area contributed by atoms with E-state index in [0.717, 1.165) is 30.0 Å². The number of halogens is 1. The van der Waals surface area contributed by atoms with Crippen LogP contribution in [0.4, 0.5) is 0 Å². The highest BCUT2D eigenvalue weighted by Gasteiger charge is 2.30. The van der Waals surface area contributed by atoms with Crippen molar-refractivity contribution in [1.82, 2.24) is 14.5 Å². The normalized spacial score (nSPS) is 25.7. The van der Waals surface area contributed by atoms with Crippen molar-refractivity contribution in [1.29, 1.82) is 0 Å². The van der Waals surface area contributed by atoms with Crippen molar-refractivity contribution >= 4 is 22.8 Å². The lowest BCUT2D eigenvalue weighted by atomic mass is 10.1. The van der Waals surface area contributed by atoms with Crippen LogP contribution in [0, 0.1) is 0 Å². The van der Waals surface area contributed by atoms with Crippen LogP contribution in [0.25, 0.3) is 11.2 Å². The van der Waals surface area contributed by atoms with Crippen LogP contribution in [0.5, 0.6) is 0 Å². The molecule has 0 aliphatic carbocycles. The predicted molar refractivity (Wildman–Crippen MR) is 70.9 cm³/mol. The van der Waals surface area contributed by atoms with Gasteiger partial charge in [0.25, 0.3) is 0 Å². The Kier molecular flexibility index (Phi) is 2.99. The number of alkyl halides is 1. The minimum absolute atomic E-state index is 0.132. The highest BCUT2D eigenvalue weighted by atomic mass is 35.5. The van der Waals surface area contributed by atoms with Gasteiger partial charge in [-0.1, -0.05) is 0 Å². The summed E-state index contributed by atoms with van der Waals surface area (Å²) in [5.74, 6) is 0.882. The maximum Gasteiger partial charge on any atom is 0.160 e. The highest BCUT2D eigenvalue weighted by Crippen LogP contribution is 2.33. The Hall–Kier alpha value is -1.13. The molecule has 1 aliphatic rings. The largest absolute Gasteiger partial charge is 0.376 e. The quantitative estimate of drug-likeness (QED) is 0.784. The Morgan fingerprint density at radius 1 is 1.56 bits per heavy atom. The lowest BCUT2D eigenvalue weighted by molar-refractivity contribution is 0.108. The molecular formula is C13H16ClN3O. The van der Waals surface area contributed by atoms with E-state index in [0.29, 0.717) is 0 Å². The third kappa shape index (κ3) is 1.80. The summed E-state index contributed by atoms with van der Waals surface area (Å²) in [6, 6.07) is 4.15. The third-order valence-electron chi connectivity index (χ3n) is 3.50. The molecule has 2 aromatic heterocycles. The molecule has 0 N–H and O–H groups in total. The van der Waals surface area contributed by atoms with Crippen molar-refractivity contribution in [3.05, 3.63) is 24.2 Å². The van der Waals surface area contributed by atoms with Gasteiger partial charge in [0.1, 0.15) is 11.3 Å². The summed E-state index contributed by atoms with van der Waals surface area (Å²) in [6.07, 6.45) is 2.96. The Labute approximate surface area is 111 Å². The molecule has 2 aromatic rings. The first-order valence-electron chi connectivity index (χ1n) is 6.27. The van der Waals surface area contributed by atoms with Gasteiger partial charge < -0.3 is 9.30 Å². The minimum atomic E-state index is -0.132. The van der Waals surface area contributed by atoms with Crippen LogP contribution in [-0.2, 0) is 4.74 Å². The van der Waals surface area contributed by atoms with E-state index in [1.54, 1.807) is 6.20 Å². The second kappa shape index (κ2) is 4.52. The van der Waals surface area contributed by atoms with E-state index in [-0.39, 0.29) is 17.5 Å². The summed E-state index contributed by atoms with van der Waals surface area (Å²) in [4.78, 5) is 9.05. The van der Waals surface area contributed by atoms with E-state index >= 15 is 0 Å². The molecule has 1 saturated heterocycles. The van der Waals surface area contributed by atoms with Crippen LogP contribution in [0.15, 0.2) is 18.3 Å². The van der Waals surface area contributed by atoms with Crippen LogP contribution >= 0.6 is 11.6 Å². The smallest absolute Gasteiger partial charge is 0.160 e. The molecule has 1 fully saturated rings. The summed E-state index contributed by atoms with van der Waals surface area (Å²) >= 11 is 6.25. The molecule has 3 rings (SSSR count). The number of hydrogen-bond donors (Lipinski definition) is 0. The first kappa shape index (κ1) is 11.9. The molecule has 0 aromatic carbocycles. The number of fused-ring (bicyclic) bond motifs is 1. The van der Waals surface area contributed by atoms with Gasteiger partial charge in [0.2, 0.25) is 0 Å². The molecule has 0 saturated carbocycles. The molecule has 3 unspecified atom stereocenters. The van der Waals surface area contributed by atoms with Gasteiger partial charge in [-0.3, -0.25) is 0 Å². The fourth-order valence-electron chi connectivity index (χ4n) is 2.61. The topological polar surface area (TPSA) is 39.9 Å². The highest BCUT2D eigenvalue weighted by molar-refractivity contribution is 6.20. The maximum atomic E-state index is 6.25. The van der Waals surface area contributed by atoms with Gasteiger partial charge in [-0.15, -0.1) is 11.6 Å². The summed E-state index contributed by atoms with van der Waals surface area (Å²) in [7, 11) is 0. The van der Waals surface area contributed by atoms with E-state index in [1.807, 2.05) is 19.1 Å².